The van der Waals surface area contributed by atoms with Crippen LogP contribution in [0.2, 0.25) is 0 Å². The summed E-state index contributed by atoms with van der Waals surface area (Å²) >= 11 is 0. The number of ketones is 1. The molecule has 0 spiro atoms. The van der Waals surface area contributed by atoms with E-state index in [0.29, 0.717) is 24.5 Å². The summed E-state index contributed by atoms with van der Waals surface area (Å²) in [4.78, 5) is 28.2. The van der Waals surface area contributed by atoms with Crippen molar-refractivity contribution in [2.24, 2.45) is 5.92 Å². The second kappa shape index (κ2) is 7.78. The Labute approximate surface area is 152 Å². The molecule has 1 saturated heterocycles. The van der Waals surface area contributed by atoms with Crippen LogP contribution in [-0.4, -0.2) is 45.7 Å². The zero-order valence-corrected chi connectivity index (χ0v) is 15.4. The second-order valence-corrected chi connectivity index (χ2v) is 6.79. The van der Waals surface area contributed by atoms with Gasteiger partial charge in [-0.1, -0.05) is 0 Å². The molecular formula is C19H24N4O3. The third-order valence-corrected chi connectivity index (χ3v) is 4.82. The van der Waals surface area contributed by atoms with Crippen LogP contribution < -0.4 is 5.32 Å². The largest absolute Gasteiger partial charge is 0.379 e. The number of aryl methyl sites for hydroxylation is 1. The van der Waals surface area contributed by atoms with Gasteiger partial charge in [-0.3, -0.25) is 19.3 Å². The van der Waals surface area contributed by atoms with E-state index in [1.54, 1.807) is 24.0 Å². The van der Waals surface area contributed by atoms with E-state index in [9.17, 15) is 9.59 Å². The maximum atomic E-state index is 12.5. The quantitative estimate of drug-likeness (QED) is 0.792. The first-order valence-electron chi connectivity index (χ1n) is 8.76. The zero-order chi connectivity index (χ0) is 18.7. The fraction of sp³-hybridized carbons (Fsp3) is 0.474. The molecule has 0 bridgehead atoms. The van der Waals surface area contributed by atoms with Crippen molar-refractivity contribution in [2.75, 3.05) is 13.2 Å². The topological polar surface area (TPSA) is 86.1 Å². The predicted molar refractivity (Wildman–Crippen MR) is 95.9 cm³/mol. The van der Waals surface area contributed by atoms with Crippen LogP contribution in [0.25, 0.3) is 0 Å². The summed E-state index contributed by atoms with van der Waals surface area (Å²) in [7, 11) is 0. The van der Waals surface area contributed by atoms with E-state index in [-0.39, 0.29) is 30.2 Å². The monoisotopic (exact) mass is 356 g/mol. The number of carbonyl (C=O) groups excluding carboxylic acids is 2. The second-order valence-electron chi connectivity index (χ2n) is 6.79. The number of hydrogen-bond donors (Lipinski definition) is 1. The van der Waals surface area contributed by atoms with Crippen molar-refractivity contribution in [3.63, 3.8) is 0 Å². The van der Waals surface area contributed by atoms with Crippen molar-refractivity contribution in [1.82, 2.24) is 20.1 Å². The smallest absolute Gasteiger partial charge is 0.242 e. The molecule has 1 aliphatic rings. The van der Waals surface area contributed by atoms with Crippen molar-refractivity contribution >= 4 is 11.7 Å². The number of nitrogens with one attached hydrogen (secondary N) is 1. The van der Waals surface area contributed by atoms with Crippen LogP contribution in [-0.2, 0) is 22.5 Å². The summed E-state index contributed by atoms with van der Waals surface area (Å²) in [5.41, 5.74) is 3.15. The number of nitrogens with zero attached hydrogens (tertiary/aromatic N) is 3. The van der Waals surface area contributed by atoms with Crippen LogP contribution in [0.5, 0.6) is 0 Å². The van der Waals surface area contributed by atoms with Gasteiger partial charge in [-0.05, 0) is 44.9 Å². The Morgan fingerprint density at radius 2 is 2.00 bits per heavy atom. The molecule has 1 fully saturated rings. The summed E-state index contributed by atoms with van der Waals surface area (Å²) in [6, 6.07) is 3.94. The van der Waals surface area contributed by atoms with Gasteiger partial charge < -0.3 is 10.1 Å². The summed E-state index contributed by atoms with van der Waals surface area (Å²) in [5.74, 6) is 0.0729. The summed E-state index contributed by atoms with van der Waals surface area (Å²) < 4.78 is 7.17. The van der Waals surface area contributed by atoms with Gasteiger partial charge in [0.05, 0.1) is 30.5 Å². The van der Waals surface area contributed by atoms with E-state index in [2.05, 4.69) is 15.4 Å². The van der Waals surface area contributed by atoms with Crippen LogP contribution in [0.15, 0.2) is 24.5 Å². The van der Waals surface area contributed by atoms with E-state index in [4.69, 9.17) is 4.74 Å². The SMILES string of the molecule is CC(=O)c1c(C)nn(CC(=O)N[C@H]2COC[C@H]2Cc2ccncc2)c1C. The van der Waals surface area contributed by atoms with Crippen molar-refractivity contribution in [3.05, 3.63) is 47.0 Å². The number of aromatic nitrogens is 3. The van der Waals surface area contributed by atoms with Crippen LogP contribution in [0, 0.1) is 19.8 Å². The average molecular weight is 356 g/mol. The molecule has 2 aromatic rings. The van der Waals surface area contributed by atoms with Gasteiger partial charge in [0.1, 0.15) is 6.54 Å². The highest BCUT2D eigenvalue weighted by atomic mass is 16.5. The minimum Gasteiger partial charge on any atom is -0.379 e. The number of hydrogen-bond acceptors (Lipinski definition) is 5. The first kappa shape index (κ1) is 18.3. The van der Waals surface area contributed by atoms with E-state index >= 15 is 0 Å². The molecular weight excluding hydrogens is 332 g/mol. The normalized spacial score (nSPS) is 19.5. The van der Waals surface area contributed by atoms with Crippen molar-refractivity contribution in [3.8, 4) is 0 Å². The first-order chi connectivity index (χ1) is 12.5. The molecule has 2 aromatic heterocycles. The van der Waals surface area contributed by atoms with E-state index < -0.39 is 0 Å². The number of ether oxygens (including phenoxy) is 1. The minimum atomic E-state index is -0.124. The van der Waals surface area contributed by atoms with E-state index in [0.717, 1.165) is 12.1 Å². The van der Waals surface area contributed by atoms with Gasteiger partial charge in [-0.25, -0.2) is 0 Å². The lowest BCUT2D eigenvalue weighted by Crippen LogP contribution is -2.42. The van der Waals surface area contributed by atoms with Gasteiger partial charge in [-0.2, -0.15) is 5.10 Å². The molecule has 1 amide bonds. The maximum absolute atomic E-state index is 12.5. The van der Waals surface area contributed by atoms with Crippen molar-refractivity contribution < 1.29 is 14.3 Å². The molecule has 26 heavy (non-hydrogen) atoms. The highest BCUT2D eigenvalue weighted by molar-refractivity contribution is 5.96. The fourth-order valence-corrected chi connectivity index (χ4v) is 3.53. The highest BCUT2D eigenvalue weighted by Crippen LogP contribution is 2.19. The van der Waals surface area contributed by atoms with Crippen molar-refractivity contribution in [2.45, 2.75) is 39.8 Å². The van der Waals surface area contributed by atoms with Gasteiger partial charge in [-0.15, -0.1) is 0 Å². The minimum absolute atomic E-state index is 0.0279. The Morgan fingerprint density at radius 3 is 2.65 bits per heavy atom. The Hall–Kier alpha value is -2.54. The molecule has 138 valence electrons. The Morgan fingerprint density at radius 1 is 1.27 bits per heavy atom. The zero-order valence-electron chi connectivity index (χ0n) is 15.4. The number of carbonyl (C=O) groups is 2. The molecule has 7 nitrogen and oxygen atoms in total. The van der Waals surface area contributed by atoms with Gasteiger partial charge in [0.25, 0.3) is 0 Å². The summed E-state index contributed by atoms with van der Waals surface area (Å²) in [5, 5.41) is 7.39. The molecule has 1 N–H and O–H groups in total. The Kier molecular flexibility index (Phi) is 5.46. The molecule has 0 unspecified atom stereocenters. The maximum Gasteiger partial charge on any atom is 0.242 e. The summed E-state index contributed by atoms with van der Waals surface area (Å²) in [6.07, 6.45) is 4.38. The van der Waals surface area contributed by atoms with Crippen LogP contribution in [0.4, 0.5) is 0 Å². The molecule has 1 aliphatic heterocycles. The lowest BCUT2D eigenvalue weighted by Gasteiger charge is -2.19. The molecule has 7 heteroatoms. The van der Waals surface area contributed by atoms with E-state index in [1.807, 2.05) is 19.1 Å². The third-order valence-electron chi connectivity index (χ3n) is 4.82. The number of amides is 1. The molecule has 0 aromatic carbocycles. The molecule has 3 heterocycles. The van der Waals surface area contributed by atoms with Gasteiger partial charge in [0.15, 0.2) is 5.78 Å². The molecule has 0 aliphatic carbocycles. The number of pyridine rings is 1. The molecule has 0 saturated carbocycles. The van der Waals surface area contributed by atoms with Gasteiger partial charge in [0.2, 0.25) is 5.91 Å². The van der Waals surface area contributed by atoms with Crippen LogP contribution in [0.1, 0.15) is 34.2 Å². The van der Waals surface area contributed by atoms with Crippen LogP contribution in [0.3, 0.4) is 0 Å². The molecule has 2 atom stereocenters. The van der Waals surface area contributed by atoms with E-state index in [1.165, 1.54) is 12.5 Å². The number of rotatable bonds is 6. The first-order valence-corrected chi connectivity index (χ1v) is 8.76. The van der Waals surface area contributed by atoms with Crippen LogP contribution >= 0.6 is 0 Å². The summed E-state index contributed by atoms with van der Waals surface area (Å²) in [6.45, 7) is 6.35. The lowest BCUT2D eigenvalue weighted by molar-refractivity contribution is -0.122. The predicted octanol–water partition coefficient (Wildman–Crippen LogP) is 1.47. The number of Topliss-reactive ketones (excluding diaryl/α,β-unsaturated/α-hetero) is 1. The lowest BCUT2D eigenvalue weighted by atomic mass is 9.95. The van der Waals surface area contributed by atoms with Crippen molar-refractivity contribution in [1.29, 1.82) is 0 Å². The average Bonchev–Trinajstić information content (AvgIpc) is 3.12. The third kappa shape index (κ3) is 3.99. The Bertz CT molecular complexity index is 801. The molecule has 3 rings (SSSR count). The Balaban J connectivity index is 1.62. The highest BCUT2D eigenvalue weighted by Gasteiger charge is 2.30. The van der Waals surface area contributed by atoms with Gasteiger partial charge >= 0.3 is 0 Å². The fourth-order valence-electron chi connectivity index (χ4n) is 3.53. The standard InChI is InChI=1S/C19H24N4O3/c1-12-19(14(3)24)13(2)23(22-12)9-18(25)21-17-11-26-10-16(17)8-15-4-6-20-7-5-15/h4-7,16-17H,8-11H2,1-3H3,(H,21,25)/t16-,17+/m1/s1. The molecule has 0 radical (unpaired) electrons. The van der Waals surface area contributed by atoms with Gasteiger partial charge in [0, 0.05) is 24.0 Å².